The lowest BCUT2D eigenvalue weighted by Gasteiger charge is -2.37. The maximum absolute atomic E-state index is 9.57. The minimum Gasteiger partial charge on any atom is -0.390 e. The molecule has 0 aliphatic heterocycles. The molecule has 0 spiro atoms. The largest absolute Gasteiger partial charge is 0.390 e. The molecule has 0 saturated carbocycles. The molecule has 0 aliphatic rings. The van der Waals surface area contributed by atoms with Crippen molar-refractivity contribution in [1.29, 1.82) is 0 Å². The second-order valence-electron chi connectivity index (χ2n) is 12.2. The minimum atomic E-state index is -0.900. The highest BCUT2D eigenvalue weighted by molar-refractivity contribution is 5.62. The van der Waals surface area contributed by atoms with Crippen LogP contribution in [-0.4, -0.2) is 80.4 Å². The van der Waals surface area contributed by atoms with Gasteiger partial charge in [-0.15, -0.1) is 20.4 Å². The topological polar surface area (TPSA) is 204 Å². The number of aliphatic hydroxyl groups is 4. The van der Waals surface area contributed by atoms with Gasteiger partial charge in [0.15, 0.2) is 0 Å². The third-order valence-electron chi connectivity index (χ3n) is 9.07. The van der Waals surface area contributed by atoms with Gasteiger partial charge in [0.2, 0.25) is 0 Å². The quantitative estimate of drug-likeness (QED) is 0.135. The molecule has 8 aromatic rings. The zero-order valence-corrected chi connectivity index (χ0v) is 28.0. The van der Waals surface area contributed by atoms with Gasteiger partial charge in [0.1, 0.15) is 22.8 Å². The summed E-state index contributed by atoms with van der Waals surface area (Å²) < 4.78 is 6.47. The van der Waals surface area contributed by atoms with Crippen molar-refractivity contribution in [2.75, 3.05) is 0 Å². The average molecular weight is 709 g/mol. The Morgan fingerprint density at radius 3 is 0.717 bits per heavy atom. The van der Waals surface area contributed by atoms with Crippen molar-refractivity contribution in [2.45, 2.75) is 31.8 Å². The number of aliphatic hydroxyl groups excluding tert-OH is 4. The smallest absolute Gasteiger partial charge is 0.109 e. The molecule has 0 aliphatic carbocycles. The van der Waals surface area contributed by atoms with Gasteiger partial charge in [-0.3, -0.25) is 0 Å². The fourth-order valence-corrected chi connectivity index (χ4v) is 6.44. The molecule has 4 N–H and O–H groups in total. The van der Waals surface area contributed by atoms with Crippen molar-refractivity contribution in [3.05, 3.63) is 167 Å². The van der Waals surface area contributed by atoms with Crippen molar-refractivity contribution in [2.24, 2.45) is 0 Å². The summed E-state index contributed by atoms with van der Waals surface area (Å²) in [5, 5.41) is 71.1. The van der Waals surface area contributed by atoms with E-state index in [0.29, 0.717) is 22.8 Å². The highest BCUT2D eigenvalue weighted by Gasteiger charge is 2.39. The highest BCUT2D eigenvalue weighted by atomic mass is 16.3. The molecule has 53 heavy (non-hydrogen) atoms. The Labute approximate surface area is 301 Å². The lowest BCUT2D eigenvalue weighted by molar-refractivity contribution is 0.276. The Hall–Kier alpha value is -6.72. The monoisotopic (exact) mass is 708 g/mol. The molecule has 0 unspecified atom stereocenters. The number of benzene rings is 4. The normalized spacial score (nSPS) is 11.7. The van der Waals surface area contributed by atoms with E-state index in [1.807, 2.05) is 97.1 Å². The van der Waals surface area contributed by atoms with Crippen LogP contribution in [0.1, 0.15) is 45.0 Å². The van der Waals surface area contributed by atoms with Crippen LogP contribution in [-0.2, 0) is 31.8 Å². The molecule has 16 nitrogen and oxygen atoms in total. The lowest BCUT2D eigenvalue weighted by Crippen LogP contribution is -2.31. The first kappa shape index (κ1) is 33.4. The summed E-state index contributed by atoms with van der Waals surface area (Å²) in [4.78, 5) is 0. The zero-order valence-electron chi connectivity index (χ0n) is 28.0. The summed E-state index contributed by atoms with van der Waals surface area (Å²) in [5.74, 6) is 0. The predicted molar refractivity (Wildman–Crippen MR) is 188 cm³/mol. The number of nitrogens with zero attached hydrogens (tertiary/aromatic N) is 12. The molecule has 4 heterocycles. The van der Waals surface area contributed by atoms with Crippen LogP contribution < -0.4 is 0 Å². The van der Waals surface area contributed by atoms with Gasteiger partial charge in [-0.1, -0.05) is 69.4 Å². The molecule has 0 atom stereocenters. The van der Waals surface area contributed by atoms with Crippen LogP contribution in [0.3, 0.4) is 0 Å². The second-order valence-corrected chi connectivity index (χ2v) is 12.2. The van der Waals surface area contributed by atoms with Gasteiger partial charge in [-0.2, -0.15) is 0 Å². The zero-order chi connectivity index (χ0) is 36.4. The van der Waals surface area contributed by atoms with Gasteiger partial charge in [-0.05, 0) is 70.8 Å². The first-order chi connectivity index (χ1) is 26.0. The lowest BCUT2D eigenvalue weighted by atomic mass is 9.65. The van der Waals surface area contributed by atoms with Crippen molar-refractivity contribution < 1.29 is 20.4 Å². The highest BCUT2D eigenvalue weighted by Crippen LogP contribution is 2.46. The molecule has 0 radical (unpaired) electrons. The maximum Gasteiger partial charge on any atom is 0.109 e. The van der Waals surface area contributed by atoms with Crippen molar-refractivity contribution in [3.63, 3.8) is 0 Å². The molecule has 0 amide bonds. The molecule has 0 fully saturated rings. The van der Waals surface area contributed by atoms with Gasteiger partial charge in [0, 0.05) is 0 Å². The summed E-state index contributed by atoms with van der Waals surface area (Å²) in [6.45, 7) is -0.869. The summed E-state index contributed by atoms with van der Waals surface area (Å²) in [6, 6.07) is 32.1. The molecule has 264 valence electrons. The number of aromatic nitrogens is 12. The summed E-state index contributed by atoms with van der Waals surface area (Å²) >= 11 is 0. The van der Waals surface area contributed by atoms with Crippen molar-refractivity contribution in [3.8, 4) is 22.7 Å². The third-order valence-corrected chi connectivity index (χ3v) is 9.07. The SMILES string of the molecule is OCc1cn(-c2ccc(C(c3ccc(-n4cc(CO)nn4)cc3)(c3ccc(-n4cc(CO)nn4)cc3)c3ccc(-n4cc(CO)nn4)cc3)cc2)nn1. The van der Waals surface area contributed by atoms with Crippen LogP contribution in [0.2, 0.25) is 0 Å². The second kappa shape index (κ2) is 14.1. The van der Waals surface area contributed by atoms with Crippen LogP contribution in [0.4, 0.5) is 0 Å². The Bertz CT molecular complexity index is 2100. The molecule has 8 rings (SSSR count). The van der Waals surface area contributed by atoms with E-state index in [2.05, 4.69) is 41.2 Å². The van der Waals surface area contributed by atoms with E-state index in [1.165, 1.54) is 0 Å². The molecular formula is C37H32N12O4. The van der Waals surface area contributed by atoms with Crippen LogP contribution >= 0.6 is 0 Å². The minimum absolute atomic E-state index is 0.217. The van der Waals surface area contributed by atoms with Crippen LogP contribution in [0.15, 0.2) is 122 Å². The van der Waals surface area contributed by atoms with E-state index in [9.17, 15) is 20.4 Å². The van der Waals surface area contributed by atoms with Gasteiger partial charge >= 0.3 is 0 Å². The first-order valence-electron chi connectivity index (χ1n) is 16.5. The van der Waals surface area contributed by atoms with Gasteiger partial charge in [0.05, 0.1) is 79.4 Å². The molecule has 16 heteroatoms. The van der Waals surface area contributed by atoms with E-state index in [1.54, 1.807) is 43.5 Å². The summed E-state index contributed by atoms with van der Waals surface area (Å²) in [6.07, 6.45) is 6.74. The molecule has 0 bridgehead atoms. The maximum atomic E-state index is 9.57. The Morgan fingerprint density at radius 2 is 0.547 bits per heavy atom. The van der Waals surface area contributed by atoms with Crippen LogP contribution in [0.25, 0.3) is 22.7 Å². The predicted octanol–water partition coefficient (Wildman–Crippen LogP) is 2.36. The van der Waals surface area contributed by atoms with Crippen LogP contribution in [0, 0.1) is 0 Å². The van der Waals surface area contributed by atoms with E-state index in [0.717, 1.165) is 45.0 Å². The van der Waals surface area contributed by atoms with Crippen molar-refractivity contribution in [1.82, 2.24) is 60.0 Å². The summed E-state index contributed by atoms with van der Waals surface area (Å²) in [5.41, 5.74) is 7.73. The molecule has 4 aromatic heterocycles. The number of hydrogen-bond acceptors (Lipinski definition) is 12. The molecule has 0 saturated heterocycles. The number of hydrogen-bond donors (Lipinski definition) is 4. The van der Waals surface area contributed by atoms with E-state index in [-0.39, 0.29) is 26.4 Å². The molecular weight excluding hydrogens is 676 g/mol. The molecule has 4 aromatic carbocycles. The van der Waals surface area contributed by atoms with Gasteiger partial charge in [0.25, 0.3) is 0 Å². The van der Waals surface area contributed by atoms with Crippen molar-refractivity contribution >= 4 is 0 Å². The number of rotatable bonds is 12. The fraction of sp³-hybridized carbons (Fsp3) is 0.135. The van der Waals surface area contributed by atoms with E-state index < -0.39 is 5.41 Å². The van der Waals surface area contributed by atoms with E-state index >= 15 is 0 Å². The Morgan fingerprint density at radius 1 is 0.340 bits per heavy atom. The Kier molecular flexibility index (Phi) is 8.91. The van der Waals surface area contributed by atoms with Gasteiger partial charge in [-0.25, -0.2) is 18.7 Å². The summed E-state index contributed by atoms with van der Waals surface area (Å²) in [7, 11) is 0. The van der Waals surface area contributed by atoms with Gasteiger partial charge < -0.3 is 20.4 Å². The Balaban J connectivity index is 1.32. The third kappa shape index (κ3) is 6.17. The average Bonchev–Trinajstić information content (AvgIpc) is 4.07. The van der Waals surface area contributed by atoms with Crippen LogP contribution in [0.5, 0.6) is 0 Å². The fourth-order valence-electron chi connectivity index (χ4n) is 6.44. The standard InChI is InChI=1S/C37H32N12O4/c50-21-29-17-46(42-38-29)33-9-1-25(2-10-33)37(26-3-11-34(12-4-26)47-18-30(22-51)39-43-47,27-5-13-35(14-6-27)48-19-31(23-52)40-44-48)28-7-15-36(16-8-28)49-20-32(24-53)41-45-49/h1-20,50-53H,21-24H2. The van der Waals surface area contributed by atoms with E-state index in [4.69, 9.17) is 0 Å². The first-order valence-corrected chi connectivity index (χ1v) is 16.5.